The summed E-state index contributed by atoms with van der Waals surface area (Å²) in [6.45, 7) is 4.51. The number of aromatic nitrogens is 1. The normalized spacial score (nSPS) is 17.9. The highest BCUT2D eigenvalue weighted by atomic mass is 15.1. The molecule has 20 heavy (non-hydrogen) atoms. The van der Waals surface area contributed by atoms with Crippen LogP contribution in [0, 0.1) is 5.92 Å². The average molecular weight is 271 g/mol. The van der Waals surface area contributed by atoms with E-state index in [-0.39, 0.29) is 0 Å². The first kappa shape index (κ1) is 13.7. The lowest BCUT2D eigenvalue weighted by Crippen LogP contribution is -2.35. The van der Waals surface area contributed by atoms with Crippen molar-refractivity contribution in [2.75, 3.05) is 26.2 Å². The van der Waals surface area contributed by atoms with E-state index in [1.165, 1.54) is 55.4 Å². The molecule has 0 radical (unpaired) electrons. The van der Waals surface area contributed by atoms with Gasteiger partial charge in [-0.05, 0) is 62.9 Å². The molecule has 1 fully saturated rings. The maximum Gasteiger partial charge on any atom is 0.0456 e. The molecule has 1 aromatic heterocycles. The van der Waals surface area contributed by atoms with Crippen LogP contribution in [0.4, 0.5) is 0 Å². The van der Waals surface area contributed by atoms with Crippen LogP contribution in [-0.2, 0) is 6.42 Å². The summed E-state index contributed by atoms with van der Waals surface area (Å²) >= 11 is 0. The first-order chi connectivity index (χ1) is 9.86. The average Bonchev–Trinajstić information content (AvgIpc) is 2.90. The Bertz CT molecular complexity index is 538. The van der Waals surface area contributed by atoms with Crippen molar-refractivity contribution in [3.05, 3.63) is 36.0 Å². The molecule has 0 atom stereocenters. The summed E-state index contributed by atoms with van der Waals surface area (Å²) in [5, 5.41) is 1.38. The van der Waals surface area contributed by atoms with Crippen molar-refractivity contribution < 1.29 is 0 Å². The molecule has 3 heteroatoms. The Morgan fingerprint density at radius 1 is 1.20 bits per heavy atom. The monoisotopic (exact) mass is 271 g/mol. The van der Waals surface area contributed by atoms with Gasteiger partial charge in [-0.25, -0.2) is 0 Å². The van der Waals surface area contributed by atoms with Crippen molar-refractivity contribution in [3.8, 4) is 0 Å². The van der Waals surface area contributed by atoms with Crippen molar-refractivity contribution in [3.63, 3.8) is 0 Å². The molecule has 0 unspecified atom stereocenters. The second-order valence-corrected chi connectivity index (χ2v) is 5.97. The number of rotatable bonds is 5. The highest BCUT2D eigenvalue weighted by Crippen LogP contribution is 2.22. The van der Waals surface area contributed by atoms with Crippen LogP contribution in [0.3, 0.4) is 0 Å². The zero-order chi connectivity index (χ0) is 13.8. The summed E-state index contributed by atoms with van der Waals surface area (Å²) in [5.41, 5.74) is 8.36. The van der Waals surface area contributed by atoms with Crippen molar-refractivity contribution in [1.29, 1.82) is 0 Å². The lowest BCUT2D eigenvalue weighted by atomic mass is 9.93. The molecule has 3 rings (SSSR count). The minimum atomic E-state index is 0.847. The second kappa shape index (κ2) is 6.42. The predicted octanol–water partition coefficient (Wildman–Crippen LogP) is 2.77. The van der Waals surface area contributed by atoms with E-state index in [9.17, 15) is 0 Å². The summed E-state index contributed by atoms with van der Waals surface area (Å²) in [5.74, 6) is 0.865. The van der Waals surface area contributed by atoms with Crippen molar-refractivity contribution in [1.82, 2.24) is 9.88 Å². The highest BCUT2D eigenvalue weighted by Gasteiger charge is 2.18. The molecule has 0 bridgehead atoms. The topological polar surface area (TPSA) is 45.0 Å². The molecule has 1 aliphatic heterocycles. The smallest absolute Gasteiger partial charge is 0.0456 e. The van der Waals surface area contributed by atoms with E-state index >= 15 is 0 Å². The number of para-hydroxylation sites is 1. The van der Waals surface area contributed by atoms with Gasteiger partial charge in [0.25, 0.3) is 0 Å². The number of fused-ring (bicyclic) bond motifs is 1. The fourth-order valence-electron chi connectivity index (χ4n) is 3.35. The zero-order valence-corrected chi connectivity index (χ0v) is 12.1. The summed E-state index contributed by atoms with van der Waals surface area (Å²) in [7, 11) is 0. The number of hydrogen-bond acceptors (Lipinski definition) is 2. The first-order valence-electron chi connectivity index (χ1n) is 7.84. The standard InChI is InChI=1S/C17H25N3/c18-9-5-14-6-10-20(11-7-14)12-8-15-13-19-17-4-2-1-3-16(15)17/h1-4,13-14,19H,5-12,18H2. The fourth-order valence-corrected chi connectivity index (χ4v) is 3.35. The maximum absolute atomic E-state index is 5.65. The van der Waals surface area contributed by atoms with E-state index in [0.717, 1.165) is 18.9 Å². The van der Waals surface area contributed by atoms with Gasteiger partial charge in [-0.3, -0.25) is 0 Å². The van der Waals surface area contributed by atoms with Gasteiger partial charge >= 0.3 is 0 Å². The third-order valence-electron chi connectivity index (χ3n) is 4.65. The Kier molecular flexibility index (Phi) is 4.38. The Labute approximate surface area is 121 Å². The Morgan fingerprint density at radius 3 is 2.80 bits per heavy atom. The molecule has 108 valence electrons. The number of aromatic amines is 1. The third kappa shape index (κ3) is 3.05. The van der Waals surface area contributed by atoms with Crippen LogP contribution in [0.5, 0.6) is 0 Å². The van der Waals surface area contributed by atoms with E-state index in [0.29, 0.717) is 0 Å². The molecular weight excluding hydrogens is 246 g/mol. The largest absolute Gasteiger partial charge is 0.361 e. The second-order valence-electron chi connectivity index (χ2n) is 5.97. The third-order valence-corrected chi connectivity index (χ3v) is 4.65. The van der Waals surface area contributed by atoms with E-state index in [1.807, 2.05) is 0 Å². The maximum atomic E-state index is 5.65. The van der Waals surface area contributed by atoms with Gasteiger partial charge in [-0.1, -0.05) is 18.2 Å². The van der Waals surface area contributed by atoms with Crippen LogP contribution < -0.4 is 5.73 Å². The molecule has 0 amide bonds. The molecule has 2 heterocycles. The predicted molar refractivity (Wildman–Crippen MR) is 84.8 cm³/mol. The molecule has 0 spiro atoms. The van der Waals surface area contributed by atoms with Gasteiger partial charge in [0.2, 0.25) is 0 Å². The van der Waals surface area contributed by atoms with Crippen molar-refractivity contribution >= 4 is 10.9 Å². The lowest BCUT2D eigenvalue weighted by molar-refractivity contribution is 0.182. The molecular formula is C17H25N3. The number of hydrogen-bond donors (Lipinski definition) is 2. The molecule has 3 nitrogen and oxygen atoms in total. The van der Waals surface area contributed by atoms with E-state index in [1.54, 1.807) is 0 Å². The summed E-state index contributed by atoms with van der Waals surface area (Å²) in [4.78, 5) is 5.97. The number of piperidine rings is 1. The summed E-state index contributed by atoms with van der Waals surface area (Å²) in [6, 6.07) is 8.58. The molecule has 0 saturated carbocycles. The van der Waals surface area contributed by atoms with Crippen LogP contribution in [-0.4, -0.2) is 36.1 Å². The zero-order valence-electron chi connectivity index (χ0n) is 12.1. The molecule has 1 aromatic carbocycles. The van der Waals surface area contributed by atoms with Gasteiger partial charge in [-0.15, -0.1) is 0 Å². The van der Waals surface area contributed by atoms with E-state index < -0.39 is 0 Å². The SMILES string of the molecule is NCCC1CCN(CCc2c[nH]c3ccccc23)CC1. The summed E-state index contributed by atoms with van der Waals surface area (Å²) < 4.78 is 0. The number of H-pyrrole nitrogens is 1. The van der Waals surface area contributed by atoms with E-state index in [2.05, 4.69) is 40.3 Å². The molecule has 1 aliphatic rings. The number of likely N-dealkylation sites (tertiary alicyclic amines) is 1. The molecule has 2 aromatic rings. The lowest BCUT2D eigenvalue weighted by Gasteiger charge is -2.31. The minimum absolute atomic E-state index is 0.847. The Morgan fingerprint density at radius 2 is 2.00 bits per heavy atom. The van der Waals surface area contributed by atoms with Gasteiger partial charge in [0.1, 0.15) is 0 Å². The number of nitrogens with one attached hydrogen (secondary N) is 1. The van der Waals surface area contributed by atoms with Crippen molar-refractivity contribution in [2.45, 2.75) is 25.7 Å². The molecule has 3 N–H and O–H groups in total. The van der Waals surface area contributed by atoms with Crippen LogP contribution in [0.15, 0.2) is 30.5 Å². The summed E-state index contributed by atoms with van der Waals surface area (Å²) in [6.07, 6.45) is 7.17. The van der Waals surface area contributed by atoms with Gasteiger partial charge in [-0.2, -0.15) is 0 Å². The van der Waals surface area contributed by atoms with Crippen LogP contribution >= 0.6 is 0 Å². The minimum Gasteiger partial charge on any atom is -0.361 e. The fraction of sp³-hybridized carbons (Fsp3) is 0.529. The van der Waals surface area contributed by atoms with Crippen LogP contribution in [0.2, 0.25) is 0 Å². The number of nitrogens with two attached hydrogens (primary N) is 1. The quantitative estimate of drug-likeness (QED) is 0.878. The molecule has 0 aliphatic carbocycles. The Balaban J connectivity index is 1.53. The van der Waals surface area contributed by atoms with Gasteiger partial charge in [0, 0.05) is 23.6 Å². The highest BCUT2D eigenvalue weighted by molar-refractivity contribution is 5.83. The van der Waals surface area contributed by atoms with Crippen LogP contribution in [0.1, 0.15) is 24.8 Å². The number of nitrogens with zero attached hydrogens (tertiary/aromatic N) is 1. The number of benzene rings is 1. The van der Waals surface area contributed by atoms with Gasteiger partial charge in [0.15, 0.2) is 0 Å². The van der Waals surface area contributed by atoms with Crippen LogP contribution in [0.25, 0.3) is 10.9 Å². The Hall–Kier alpha value is -1.32. The first-order valence-corrected chi connectivity index (χ1v) is 7.84. The van der Waals surface area contributed by atoms with Crippen molar-refractivity contribution in [2.24, 2.45) is 11.7 Å². The molecule has 1 saturated heterocycles. The van der Waals surface area contributed by atoms with Gasteiger partial charge < -0.3 is 15.6 Å². The van der Waals surface area contributed by atoms with Gasteiger partial charge in [0.05, 0.1) is 0 Å². The van der Waals surface area contributed by atoms with E-state index in [4.69, 9.17) is 5.73 Å².